The van der Waals surface area contributed by atoms with Crippen molar-refractivity contribution < 1.29 is 19.4 Å². The number of aryl methyl sites for hydroxylation is 1. The Kier molecular flexibility index (Phi) is 6.82. The predicted octanol–water partition coefficient (Wildman–Crippen LogP) is 6.79. The molecule has 200 valence electrons. The molecule has 0 amide bonds. The molecule has 1 N–H and O–H groups in total. The van der Waals surface area contributed by atoms with E-state index in [-0.39, 0.29) is 0 Å². The van der Waals surface area contributed by atoms with E-state index >= 15 is 0 Å². The van der Waals surface area contributed by atoms with Crippen LogP contribution >= 0.6 is 11.3 Å². The first-order chi connectivity index (χ1) is 17.9. The summed E-state index contributed by atoms with van der Waals surface area (Å²) in [5.41, 5.74) is 5.32. The lowest BCUT2D eigenvalue weighted by Gasteiger charge is -2.28. The summed E-state index contributed by atoms with van der Waals surface area (Å²) in [5.74, 6) is 0.264. The molecule has 4 aromatic rings. The molecule has 0 saturated carbocycles. The van der Waals surface area contributed by atoms with Crippen molar-refractivity contribution >= 4 is 43.6 Å². The highest BCUT2D eigenvalue weighted by molar-refractivity contribution is 7.22. The van der Waals surface area contributed by atoms with Gasteiger partial charge in [0.1, 0.15) is 5.75 Å². The van der Waals surface area contributed by atoms with Gasteiger partial charge in [-0.25, -0.2) is 9.78 Å². The van der Waals surface area contributed by atoms with Crippen molar-refractivity contribution in [3.8, 4) is 16.9 Å². The monoisotopic (exact) mass is 533 g/mol. The number of carboxylic acids is 1. The molecule has 5 rings (SSSR count). The number of hydrogen-bond donors (Lipinski definition) is 1. The molecule has 0 bridgehead atoms. The second kappa shape index (κ2) is 9.82. The molecule has 7 nitrogen and oxygen atoms in total. The Bertz CT molecular complexity index is 1530. The van der Waals surface area contributed by atoms with E-state index in [9.17, 15) is 9.90 Å². The maximum Gasteiger partial charge on any atom is 0.337 e. The number of carboxylic acid groups (broad SMARTS) is 1. The molecule has 0 radical (unpaired) electrons. The number of aromatic nitrogens is 2. The number of fused-ring (bicyclic) bond motifs is 1. The van der Waals surface area contributed by atoms with Crippen LogP contribution in [0.1, 0.15) is 57.4 Å². The van der Waals surface area contributed by atoms with Gasteiger partial charge in [0.15, 0.2) is 11.2 Å². The molecule has 38 heavy (non-hydrogen) atoms. The fourth-order valence-corrected chi connectivity index (χ4v) is 6.37. The third kappa shape index (κ3) is 4.83. The Morgan fingerprint density at radius 2 is 2.03 bits per heavy atom. The van der Waals surface area contributed by atoms with Crippen LogP contribution in [-0.2, 0) is 16.0 Å². The van der Waals surface area contributed by atoms with Gasteiger partial charge in [-0.05, 0) is 69.0 Å². The van der Waals surface area contributed by atoms with E-state index in [0.717, 1.165) is 61.7 Å². The zero-order valence-corrected chi connectivity index (χ0v) is 23.9. The van der Waals surface area contributed by atoms with E-state index in [1.165, 1.54) is 5.56 Å². The average molecular weight is 534 g/mol. The van der Waals surface area contributed by atoms with Crippen molar-refractivity contribution in [3.63, 3.8) is 0 Å². The smallest absolute Gasteiger partial charge is 0.337 e. The molecular formula is C30H35N3O4S. The topological polar surface area (TPSA) is 84.8 Å². The molecule has 0 spiro atoms. The second-order valence-corrected chi connectivity index (χ2v) is 12.4. The van der Waals surface area contributed by atoms with Crippen LogP contribution in [0.25, 0.3) is 32.2 Å². The van der Waals surface area contributed by atoms with Gasteiger partial charge >= 0.3 is 5.97 Å². The summed E-state index contributed by atoms with van der Waals surface area (Å²) in [6.45, 7) is 13.4. The van der Waals surface area contributed by atoms with Crippen molar-refractivity contribution in [1.82, 2.24) is 9.97 Å². The first-order valence-electron chi connectivity index (χ1n) is 13.0. The van der Waals surface area contributed by atoms with Crippen molar-refractivity contribution in [3.05, 3.63) is 47.2 Å². The molecule has 0 fully saturated rings. The number of rotatable bonds is 7. The number of anilines is 1. The first-order valence-corrected chi connectivity index (χ1v) is 13.9. The van der Waals surface area contributed by atoms with E-state index in [0.29, 0.717) is 18.1 Å². The fourth-order valence-electron chi connectivity index (χ4n) is 5.28. The minimum atomic E-state index is -1.16. The summed E-state index contributed by atoms with van der Waals surface area (Å²) < 4.78 is 13.1. The Labute approximate surface area is 227 Å². The number of aliphatic carboxylic acids is 1. The van der Waals surface area contributed by atoms with Crippen molar-refractivity contribution in [2.75, 3.05) is 25.1 Å². The van der Waals surface area contributed by atoms with Gasteiger partial charge in [-0.2, -0.15) is 0 Å². The number of nitrogens with zero attached hydrogens (tertiary/aromatic N) is 3. The third-order valence-electron chi connectivity index (χ3n) is 6.68. The molecule has 1 aliphatic rings. The van der Waals surface area contributed by atoms with Gasteiger partial charge in [0.05, 0.1) is 27.9 Å². The summed E-state index contributed by atoms with van der Waals surface area (Å²) in [5, 5.41) is 12.3. The Hall–Kier alpha value is -3.23. The van der Waals surface area contributed by atoms with Gasteiger partial charge in [-0.15, -0.1) is 0 Å². The summed E-state index contributed by atoms with van der Waals surface area (Å²) >= 11 is 1.58. The molecule has 0 saturated heterocycles. The Morgan fingerprint density at radius 3 is 2.71 bits per heavy atom. The molecule has 3 heterocycles. The standard InChI is InChI=1S/C30H35N3O4S/c1-16(2)15-33(7)29-32-20-14-17(3)22(26(28(34)35)37-30(4,5)6)24(27(20)38-29)19-8-9-21-23-18(11-13-36-21)10-12-31-25(19)23/h8-10,12,14,16,26H,11,13,15H2,1-7H3,(H,34,35). The van der Waals surface area contributed by atoms with Gasteiger partial charge in [-0.3, -0.25) is 4.98 Å². The zero-order chi connectivity index (χ0) is 27.4. The number of carbonyl (C=O) groups is 1. The highest BCUT2D eigenvalue weighted by Crippen LogP contribution is 2.47. The Morgan fingerprint density at radius 1 is 1.26 bits per heavy atom. The molecule has 2 aromatic carbocycles. The van der Waals surface area contributed by atoms with Crippen molar-refractivity contribution in [2.45, 2.75) is 59.7 Å². The summed E-state index contributed by atoms with van der Waals surface area (Å²) in [6.07, 6.45) is 1.48. The maximum atomic E-state index is 12.7. The van der Waals surface area contributed by atoms with Gasteiger partial charge in [0, 0.05) is 48.3 Å². The zero-order valence-electron chi connectivity index (χ0n) is 23.1. The van der Waals surface area contributed by atoms with E-state index in [1.54, 1.807) is 11.3 Å². The molecule has 1 aliphatic heterocycles. The molecule has 0 aliphatic carbocycles. The highest BCUT2D eigenvalue weighted by atomic mass is 32.1. The van der Waals surface area contributed by atoms with Gasteiger partial charge in [0.2, 0.25) is 0 Å². The molecule has 1 atom stereocenters. The SMILES string of the molecule is Cc1cc2nc(N(C)CC(C)C)sc2c(-c2ccc3c4c(ccnc24)CCO3)c1C(OC(C)(C)C)C(=O)O. The van der Waals surface area contributed by atoms with Crippen LogP contribution in [0.4, 0.5) is 5.13 Å². The van der Waals surface area contributed by atoms with Crippen LogP contribution in [0.2, 0.25) is 0 Å². The summed E-state index contributed by atoms with van der Waals surface area (Å²) in [4.78, 5) is 24.7. The lowest BCUT2D eigenvalue weighted by Crippen LogP contribution is -2.28. The minimum Gasteiger partial charge on any atom is -0.493 e. The molecular weight excluding hydrogens is 498 g/mol. The van der Waals surface area contributed by atoms with Gasteiger partial charge in [0.25, 0.3) is 0 Å². The lowest BCUT2D eigenvalue weighted by atomic mass is 9.89. The molecule has 8 heteroatoms. The molecule has 2 aromatic heterocycles. The fraction of sp³-hybridized carbons (Fsp3) is 0.433. The van der Waals surface area contributed by atoms with Crippen LogP contribution in [0, 0.1) is 12.8 Å². The van der Waals surface area contributed by atoms with Crippen LogP contribution in [0.15, 0.2) is 30.5 Å². The van der Waals surface area contributed by atoms with Gasteiger partial charge in [-0.1, -0.05) is 25.2 Å². The van der Waals surface area contributed by atoms with Crippen LogP contribution < -0.4 is 9.64 Å². The Balaban J connectivity index is 1.86. The van der Waals surface area contributed by atoms with Crippen molar-refractivity contribution in [2.24, 2.45) is 5.92 Å². The summed E-state index contributed by atoms with van der Waals surface area (Å²) in [6, 6.07) is 8.01. The number of ether oxygens (including phenoxy) is 2. The van der Waals surface area contributed by atoms with E-state index < -0.39 is 17.7 Å². The summed E-state index contributed by atoms with van der Waals surface area (Å²) in [7, 11) is 2.05. The maximum absolute atomic E-state index is 12.7. The second-order valence-electron chi connectivity index (χ2n) is 11.5. The van der Waals surface area contributed by atoms with Gasteiger partial charge < -0.3 is 19.5 Å². The normalized spacial score (nSPS) is 14.2. The van der Waals surface area contributed by atoms with Crippen molar-refractivity contribution in [1.29, 1.82) is 0 Å². The van der Waals surface area contributed by atoms with E-state index in [1.807, 2.05) is 58.2 Å². The number of pyridine rings is 1. The minimum absolute atomic E-state index is 0.477. The number of benzene rings is 2. The van der Waals surface area contributed by atoms with Crippen LogP contribution in [0.5, 0.6) is 5.75 Å². The largest absolute Gasteiger partial charge is 0.493 e. The van der Waals surface area contributed by atoms with Crippen LogP contribution in [-0.4, -0.2) is 46.8 Å². The predicted molar refractivity (Wildman–Crippen MR) is 154 cm³/mol. The third-order valence-corrected chi connectivity index (χ3v) is 7.88. The number of hydrogen-bond acceptors (Lipinski definition) is 7. The molecule has 1 unspecified atom stereocenters. The van der Waals surface area contributed by atoms with E-state index in [4.69, 9.17) is 19.4 Å². The average Bonchev–Trinajstić information content (AvgIpc) is 3.25. The quantitative estimate of drug-likeness (QED) is 0.280. The highest BCUT2D eigenvalue weighted by Gasteiger charge is 2.33. The van der Waals surface area contributed by atoms with Crippen LogP contribution in [0.3, 0.4) is 0 Å². The van der Waals surface area contributed by atoms with E-state index in [2.05, 4.69) is 25.8 Å². The lowest BCUT2D eigenvalue weighted by molar-refractivity contribution is -0.160. The first kappa shape index (κ1) is 26.4. The number of thiazole rings is 1.